The first-order valence-electron chi connectivity index (χ1n) is 10.2. The molecule has 0 amide bonds. The van der Waals surface area contributed by atoms with E-state index in [1.807, 2.05) is 0 Å². The molecular formula is C23H17NO9. The quantitative estimate of drug-likeness (QED) is 0.461. The van der Waals surface area contributed by atoms with Gasteiger partial charge in [0.25, 0.3) is 0 Å². The second-order valence-corrected chi connectivity index (χ2v) is 8.16. The number of aromatic hydroxyl groups is 2. The van der Waals surface area contributed by atoms with Crippen molar-refractivity contribution < 1.29 is 44.3 Å². The van der Waals surface area contributed by atoms with Crippen LogP contribution < -0.4 is 4.74 Å². The van der Waals surface area contributed by atoms with Crippen LogP contribution in [0.1, 0.15) is 17.5 Å². The van der Waals surface area contributed by atoms with Gasteiger partial charge >= 0.3 is 11.9 Å². The number of carbonyl (C=O) groups is 2. The predicted molar refractivity (Wildman–Crippen MR) is 108 cm³/mol. The lowest BCUT2D eigenvalue weighted by Gasteiger charge is -2.39. The van der Waals surface area contributed by atoms with E-state index in [4.69, 9.17) is 19.3 Å². The minimum atomic E-state index is -1.65. The fourth-order valence-corrected chi connectivity index (χ4v) is 4.90. The van der Waals surface area contributed by atoms with Crippen molar-refractivity contribution >= 4 is 11.9 Å². The van der Waals surface area contributed by atoms with E-state index in [0.717, 1.165) is 0 Å². The van der Waals surface area contributed by atoms with E-state index in [-0.39, 0.29) is 48.1 Å². The highest BCUT2D eigenvalue weighted by Gasteiger charge is 2.59. The Kier molecular flexibility index (Phi) is 3.95. The van der Waals surface area contributed by atoms with Gasteiger partial charge in [-0.2, -0.15) is 0 Å². The minimum absolute atomic E-state index is 0.0544. The molecule has 2 aromatic rings. The number of carboxylic acid groups (broad SMARTS) is 1. The number of aliphatic carboxylic acids is 1. The van der Waals surface area contributed by atoms with Crippen molar-refractivity contribution in [3.8, 4) is 23.0 Å². The summed E-state index contributed by atoms with van der Waals surface area (Å²) in [6, 6.07) is 8.86. The summed E-state index contributed by atoms with van der Waals surface area (Å²) in [4.78, 5) is 35.5. The standard InChI is InChI=1S/C23H17NO9/c25-12-1-3-16-18(9-12)31-19-10-13(26)2-4-17(19)23(16)15-5-6-22(21(28)29,24-7-8-30-33-24)11-14(15)20(27)32-23/h1-6,9-10,25-26H,7-8,11H2,(H,28,29). The van der Waals surface area contributed by atoms with Gasteiger partial charge in [0.15, 0.2) is 11.1 Å². The molecule has 4 aliphatic rings. The van der Waals surface area contributed by atoms with Gasteiger partial charge in [0, 0.05) is 40.8 Å². The van der Waals surface area contributed by atoms with Crippen LogP contribution in [0.2, 0.25) is 0 Å². The molecule has 1 saturated heterocycles. The van der Waals surface area contributed by atoms with Crippen LogP contribution in [0.3, 0.4) is 0 Å². The maximum Gasteiger partial charge on any atom is 0.336 e. The molecule has 10 heteroatoms. The number of esters is 1. The molecule has 0 bridgehead atoms. The number of phenols is 2. The Labute approximate surface area is 186 Å². The van der Waals surface area contributed by atoms with Crippen molar-refractivity contribution in [1.82, 2.24) is 5.06 Å². The zero-order valence-electron chi connectivity index (χ0n) is 17.0. The number of fused-ring (bicyclic) bond motifs is 5. The average molecular weight is 451 g/mol. The molecule has 10 nitrogen and oxygen atoms in total. The molecule has 2 aromatic carbocycles. The molecule has 3 N–H and O–H groups in total. The molecule has 168 valence electrons. The van der Waals surface area contributed by atoms with Crippen LogP contribution in [-0.4, -0.2) is 51.0 Å². The lowest BCUT2D eigenvalue weighted by molar-refractivity contribution is -0.387. The summed E-state index contributed by atoms with van der Waals surface area (Å²) in [5, 5.41) is 31.2. The van der Waals surface area contributed by atoms with Crippen molar-refractivity contribution in [3.05, 3.63) is 70.8 Å². The van der Waals surface area contributed by atoms with Gasteiger partial charge in [-0.1, -0.05) is 6.08 Å². The first-order chi connectivity index (χ1) is 15.8. The Morgan fingerprint density at radius 2 is 1.70 bits per heavy atom. The maximum atomic E-state index is 13.2. The number of hydrogen-bond donors (Lipinski definition) is 3. The monoisotopic (exact) mass is 451 g/mol. The topological polar surface area (TPSA) is 135 Å². The second kappa shape index (κ2) is 6.58. The Balaban J connectivity index is 1.57. The molecule has 0 saturated carbocycles. The van der Waals surface area contributed by atoms with Crippen molar-refractivity contribution in [3.63, 3.8) is 0 Å². The Hall–Kier alpha value is -3.86. The molecule has 3 heterocycles. The van der Waals surface area contributed by atoms with E-state index in [1.165, 1.54) is 35.4 Å². The highest BCUT2D eigenvalue weighted by atomic mass is 17.3. The Bertz CT molecular complexity index is 1240. The van der Waals surface area contributed by atoms with E-state index in [0.29, 0.717) is 16.7 Å². The number of carbonyl (C=O) groups excluding carboxylic acids is 1. The summed E-state index contributed by atoms with van der Waals surface area (Å²) in [6.45, 7) is 0.395. The number of ether oxygens (including phenoxy) is 2. The number of hydroxylamine groups is 2. The van der Waals surface area contributed by atoms with Gasteiger partial charge in [-0.3, -0.25) is 0 Å². The predicted octanol–water partition coefficient (Wildman–Crippen LogP) is 2.26. The summed E-state index contributed by atoms with van der Waals surface area (Å²) in [5.74, 6) is -1.50. The molecule has 3 aliphatic heterocycles. The summed E-state index contributed by atoms with van der Waals surface area (Å²) in [7, 11) is 0. The fourth-order valence-electron chi connectivity index (χ4n) is 4.90. The summed E-state index contributed by atoms with van der Waals surface area (Å²) in [6.07, 6.45) is 2.81. The zero-order valence-corrected chi connectivity index (χ0v) is 17.0. The first kappa shape index (κ1) is 19.8. The average Bonchev–Trinajstić information content (AvgIpc) is 3.41. The SMILES string of the molecule is O=C1OC2(C3=C1CC(C(=O)O)(N1CCOO1)C=C3)c1ccc(O)cc1Oc1cc(O)ccc12. The van der Waals surface area contributed by atoms with E-state index < -0.39 is 23.1 Å². The number of benzene rings is 2. The third kappa shape index (κ3) is 2.53. The third-order valence-electron chi connectivity index (χ3n) is 6.41. The molecular weight excluding hydrogens is 434 g/mol. The molecule has 1 atom stereocenters. The molecule has 1 unspecified atom stereocenters. The molecule has 0 aromatic heterocycles. The summed E-state index contributed by atoms with van der Waals surface area (Å²) in [5.41, 5.74) is -1.54. The van der Waals surface area contributed by atoms with Crippen LogP contribution in [0.15, 0.2) is 59.7 Å². The Morgan fingerprint density at radius 1 is 1.03 bits per heavy atom. The number of nitrogens with zero attached hydrogens (tertiary/aromatic N) is 1. The fraction of sp³-hybridized carbons (Fsp3) is 0.217. The first-order valence-corrected chi connectivity index (χ1v) is 10.2. The van der Waals surface area contributed by atoms with E-state index >= 15 is 0 Å². The van der Waals surface area contributed by atoms with E-state index in [1.54, 1.807) is 18.2 Å². The smallest absolute Gasteiger partial charge is 0.336 e. The van der Waals surface area contributed by atoms with Gasteiger partial charge in [-0.15, -0.1) is 10.1 Å². The molecule has 33 heavy (non-hydrogen) atoms. The second-order valence-electron chi connectivity index (χ2n) is 8.16. The normalized spacial score (nSPS) is 24.8. The number of phenolic OH excluding ortho intramolecular Hbond substituents is 2. The van der Waals surface area contributed by atoms with Crippen LogP contribution in [-0.2, 0) is 29.8 Å². The van der Waals surface area contributed by atoms with Gasteiger partial charge in [0.05, 0.1) is 13.2 Å². The van der Waals surface area contributed by atoms with Gasteiger partial charge in [-0.05, 0) is 30.3 Å². The maximum absolute atomic E-state index is 13.2. The summed E-state index contributed by atoms with van der Waals surface area (Å²) < 4.78 is 11.9. The van der Waals surface area contributed by atoms with Crippen molar-refractivity contribution in [1.29, 1.82) is 0 Å². The van der Waals surface area contributed by atoms with Crippen molar-refractivity contribution in [2.24, 2.45) is 0 Å². The molecule has 1 spiro atoms. The molecule has 1 fully saturated rings. The lowest BCUT2D eigenvalue weighted by atomic mass is 9.73. The number of rotatable bonds is 2. The zero-order chi connectivity index (χ0) is 23.0. The highest BCUT2D eigenvalue weighted by Crippen LogP contribution is 2.59. The lowest BCUT2D eigenvalue weighted by Crippen LogP contribution is -2.53. The van der Waals surface area contributed by atoms with Gasteiger partial charge < -0.3 is 24.8 Å². The minimum Gasteiger partial charge on any atom is -0.508 e. The van der Waals surface area contributed by atoms with Gasteiger partial charge in [0.1, 0.15) is 23.0 Å². The van der Waals surface area contributed by atoms with Crippen molar-refractivity contribution in [2.45, 2.75) is 17.6 Å². The summed E-state index contributed by atoms with van der Waals surface area (Å²) >= 11 is 0. The largest absolute Gasteiger partial charge is 0.508 e. The van der Waals surface area contributed by atoms with E-state index in [2.05, 4.69) is 0 Å². The molecule has 6 rings (SSSR count). The molecule has 1 aliphatic carbocycles. The van der Waals surface area contributed by atoms with Crippen molar-refractivity contribution in [2.75, 3.05) is 13.2 Å². The van der Waals surface area contributed by atoms with Crippen LogP contribution >= 0.6 is 0 Å². The van der Waals surface area contributed by atoms with Crippen LogP contribution in [0.25, 0.3) is 0 Å². The highest BCUT2D eigenvalue weighted by molar-refractivity contribution is 5.99. The number of carboxylic acids is 1. The number of hydrogen-bond acceptors (Lipinski definition) is 9. The Morgan fingerprint density at radius 3 is 2.27 bits per heavy atom. The third-order valence-corrected chi connectivity index (χ3v) is 6.41. The van der Waals surface area contributed by atoms with Crippen LogP contribution in [0, 0.1) is 0 Å². The molecule has 0 radical (unpaired) electrons. The van der Waals surface area contributed by atoms with Gasteiger partial charge in [-0.25, -0.2) is 14.5 Å². The van der Waals surface area contributed by atoms with Crippen LogP contribution in [0.5, 0.6) is 23.0 Å². The van der Waals surface area contributed by atoms with Crippen LogP contribution in [0.4, 0.5) is 0 Å². The van der Waals surface area contributed by atoms with E-state index in [9.17, 15) is 24.9 Å². The van der Waals surface area contributed by atoms with Gasteiger partial charge in [0.2, 0.25) is 0 Å².